The van der Waals surface area contributed by atoms with Gasteiger partial charge in [-0.1, -0.05) is 35.9 Å². The maximum absolute atomic E-state index is 13.7. The van der Waals surface area contributed by atoms with Crippen LogP contribution in [0.25, 0.3) is 10.8 Å². The molecule has 3 aromatic carbocycles. The summed E-state index contributed by atoms with van der Waals surface area (Å²) in [6.07, 6.45) is 1.20. The van der Waals surface area contributed by atoms with Crippen molar-refractivity contribution in [2.75, 3.05) is 25.0 Å². The van der Waals surface area contributed by atoms with E-state index in [-0.39, 0.29) is 43.5 Å². The molecule has 0 fully saturated rings. The van der Waals surface area contributed by atoms with Gasteiger partial charge in [-0.25, -0.2) is 18.6 Å². The summed E-state index contributed by atoms with van der Waals surface area (Å²) in [5.41, 5.74) is 1.15. The molecule has 2 heterocycles. The fraction of sp³-hybridized carbons (Fsp3) is 0.219. The van der Waals surface area contributed by atoms with Gasteiger partial charge in [0.05, 0.1) is 28.7 Å². The van der Waals surface area contributed by atoms with E-state index in [4.69, 9.17) is 16.3 Å². The summed E-state index contributed by atoms with van der Waals surface area (Å²) < 4.78 is 32.7. The van der Waals surface area contributed by atoms with Crippen LogP contribution in [0.3, 0.4) is 0 Å². The summed E-state index contributed by atoms with van der Waals surface area (Å²) >= 11 is 5.98. The Labute approximate surface area is 261 Å². The van der Waals surface area contributed by atoms with E-state index in [1.807, 2.05) is 0 Å². The van der Waals surface area contributed by atoms with Gasteiger partial charge < -0.3 is 15.4 Å². The number of pyridine rings is 1. The fourth-order valence-electron chi connectivity index (χ4n) is 4.91. The number of amides is 4. The molecule has 0 saturated heterocycles. The molecule has 5 rings (SSSR count). The Morgan fingerprint density at radius 1 is 0.956 bits per heavy atom. The van der Waals surface area contributed by atoms with Crippen molar-refractivity contribution >= 4 is 52.0 Å². The molecule has 232 valence electrons. The molecule has 1 aliphatic rings. The number of carbonyl (C=O) groups is 4. The highest BCUT2D eigenvalue weighted by molar-refractivity contribution is 6.31. The van der Waals surface area contributed by atoms with Crippen molar-refractivity contribution in [2.45, 2.75) is 25.4 Å². The van der Waals surface area contributed by atoms with Crippen LogP contribution in [0.1, 0.15) is 39.1 Å². The van der Waals surface area contributed by atoms with Gasteiger partial charge in [-0.15, -0.1) is 0 Å². The number of carbonyl (C=O) groups excluding carboxylic acids is 4. The van der Waals surface area contributed by atoms with Gasteiger partial charge in [0, 0.05) is 24.7 Å². The molecule has 45 heavy (non-hydrogen) atoms. The number of halogens is 3. The van der Waals surface area contributed by atoms with E-state index in [0.29, 0.717) is 33.9 Å². The first-order valence-corrected chi connectivity index (χ1v) is 14.4. The monoisotopic (exact) mass is 635 g/mol. The standard InChI is InChI=1S/C32H28ClF2N5O5/c33-29-20(5-3-9-26(29)35)15-36-17-28(41)38-23(6-4-12-40-30(42)24-7-1-2-8-25(24)31(40)43)18-45-32(44)39-27-14-21-13-22(34)11-10-19(21)16-37-27/h1-3,5,7-11,13-14,16,23,36H,4,6,12,15,17-18H2,(H,38,41)(H,37,39,44)/t23-/m0/s1. The van der Waals surface area contributed by atoms with E-state index < -0.39 is 41.5 Å². The topological polar surface area (TPSA) is 130 Å². The molecule has 1 aromatic heterocycles. The number of anilines is 1. The number of hydrogen-bond acceptors (Lipinski definition) is 7. The molecule has 0 unspecified atom stereocenters. The average molecular weight is 636 g/mol. The van der Waals surface area contributed by atoms with Crippen molar-refractivity contribution in [1.82, 2.24) is 20.5 Å². The van der Waals surface area contributed by atoms with Crippen molar-refractivity contribution in [3.63, 3.8) is 0 Å². The lowest BCUT2D eigenvalue weighted by molar-refractivity contribution is -0.121. The third-order valence-corrected chi connectivity index (χ3v) is 7.56. The minimum atomic E-state index is -0.850. The number of benzene rings is 3. The third kappa shape index (κ3) is 7.78. The van der Waals surface area contributed by atoms with Gasteiger partial charge >= 0.3 is 6.09 Å². The molecule has 0 bridgehead atoms. The zero-order chi connectivity index (χ0) is 31.9. The summed E-state index contributed by atoms with van der Waals surface area (Å²) in [5, 5.41) is 9.35. The third-order valence-electron chi connectivity index (χ3n) is 7.14. The molecular formula is C32H28ClF2N5O5. The van der Waals surface area contributed by atoms with E-state index in [1.165, 1.54) is 36.5 Å². The molecule has 0 aliphatic carbocycles. The van der Waals surface area contributed by atoms with Crippen molar-refractivity contribution in [3.8, 4) is 0 Å². The van der Waals surface area contributed by atoms with Gasteiger partial charge in [-0.05, 0) is 66.3 Å². The van der Waals surface area contributed by atoms with Crippen LogP contribution in [0.2, 0.25) is 5.02 Å². The lowest BCUT2D eigenvalue weighted by atomic mass is 10.1. The fourth-order valence-corrected chi connectivity index (χ4v) is 5.10. The summed E-state index contributed by atoms with van der Waals surface area (Å²) in [6.45, 7) is -0.155. The smallest absolute Gasteiger partial charge is 0.412 e. The SMILES string of the molecule is O=C(CNCc1cccc(F)c1Cl)N[C@@H](CCCN1C(=O)c2ccccc2C1=O)COC(=O)Nc1cc2cc(F)ccc2cn1. The van der Waals surface area contributed by atoms with Crippen molar-refractivity contribution in [2.24, 2.45) is 0 Å². The molecule has 0 saturated carbocycles. The van der Waals surface area contributed by atoms with Crippen LogP contribution in [0.4, 0.5) is 19.4 Å². The first kappa shape index (κ1) is 31.5. The minimum Gasteiger partial charge on any atom is -0.447 e. The quantitative estimate of drug-likeness (QED) is 0.186. The van der Waals surface area contributed by atoms with Crippen LogP contribution >= 0.6 is 11.6 Å². The van der Waals surface area contributed by atoms with E-state index in [2.05, 4.69) is 20.9 Å². The maximum Gasteiger partial charge on any atom is 0.412 e. The van der Waals surface area contributed by atoms with Gasteiger partial charge in [0.25, 0.3) is 11.8 Å². The number of imide groups is 1. The predicted octanol–water partition coefficient (Wildman–Crippen LogP) is 5.07. The number of rotatable bonds is 12. The van der Waals surface area contributed by atoms with E-state index in [1.54, 1.807) is 36.4 Å². The lowest BCUT2D eigenvalue weighted by Gasteiger charge is -2.21. The number of ether oxygens (including phenoxy) is 1. The van der Waals surface area contributed by atoms with Crippen LogP contribution < -0.4 is 16.0 Å². The minimum absolute atomic E-state index is 0.0399. The maximum atomic E-state index is 13.7. The number of fused-ring (bicyclic) bond motifs is 2. The molecule has 3 N–H and O–H groups in total. The van der Waals surface area contributed by atoms with Crippen LogP contribution in [0, 0.1) is 11.6 Å². The second kappa shape index (κ2) is 14.2. The Balaban J connectivity index is 1.17. The molecule has 0 spiro atoms. The van der Waals surface area contributed by atoms with Crippen molar-refractivity contribution < 1.29 is 32.7 Å². The molecule has 4 amide bonds. The Kier molecular flexibility index (Phi) is 9.95. The Morgan fingerprint density at radius 2 is 1.71 bits per heavy atom. The van der Waals surface area contributed by atoms with Gasteiger partial charge in [0.1, 0.15) is 24.1 Å². The van der Waals surface area contributed by atoms with Gasteiger partial charge in [0.15, 0.2) is 0 Å². The number of nitrogens with one attached hydrogen (secondary N) is 3. The Bertz CT molecular complexity index is 1740. The summed E-state index contributed by atoms with van der Waals surface area (Å²) in [7, 11) is 0. The molecule has 4 aromatic rings. The molecule has 0 radical (unpaired) electrons. The first-order chi connectivity index (χ1) is 21.7. The Morgan fingerprint density at radius 3 is 2.47 bits per heavy atom. The first-order valence-electron chi connectivity index (χ1n) is 14.1. The zero-order valence-corrected chi connectivity index (χ0v) is 24.6. The highest BCUT2D eigenvalue weighted by Crippen LogP contribution is 2.23. The average Bonchev–Trinajstić information content (AvgIpc) is 3.26. The number of nitrogens with zero attached hydrogens (tertiary/aromatic N) is 2. The summed E-state index contributed by atoms with van der Waals surface area (Å²) in [6, 6.07) is 15.9. The van der Waals surface area contributed by atoms with Gasteiger partial charge in [0.2, 0.25) is 5.91 Å². The second-order valence-corrected chi connectivity index (χ2v) is 10.7. The highest BCUT2D eigenvalue weighted by atomic mass is 35.5. The van der Waals surface area contributed by atoms with E-state index in [0.717, 1.165) is 4.90 Å². The molecule has 1 aliphatic heterocycles. The van der Waals surface area contributed by atoms with Gasteiger partial charge in [-0.2, -0.15) is 0 Å². The molecule has 13 heteroatoms. The number of aromatic nitrogens is 1. The van der Waals surface area contributed by atoms with Gasteiger partial charge in [-0.3, -0.25) is 24.6 Å². The number of hydrogen-bond donors (Lipinski definition) is 3. The molecular weight excluding hydrogens is 608 g/mol. The van der Waals surface area contributed by atoms with Crippen LogP contribution in [-0.4, -0.2) is 59.4 Å². The zero-order valence-electron chi connectivity index (χ0n) is 23.8. The van der Waals surface area contributed by atoms with Crippen molar-refractivity contribution in [3.05, 3.63) is 106 Å². The lowest BCUT2D eigenvalue weighted by Crippen LogP contribution is -2.43. The summed E-state index contributed by atoms with van der Waals surface area (Å²) in [4.78, 5) is 56.1. The van der Waals surface area contributed by atoms with E-state index >= 15 is 0 Å². The largest absolute Gasteiger partial charge is 0.447 e. The predicted molar refractivity (Wildman–Crippen MR) is 163 cm³/mol. The second-order valence-electron chi connectivity index (χ2n) is 10.3. The summed E-state index contributed by atoms with van der Waals surface area (Å²) in [5.74, 6) is -2.08. The van der Waals surface area contributed by atoms with Crippen LogP contribution in [0.15, 0.2) is 72.9 Å². The molecule has 10 nitrogen and oxygen atoms in total. The normalized spacial score (nSPS) is 13.1. The molecule has 1 atom stereocenters. The highest BCUT2D eigenvalue weighted by Gasteiger charge is 2.34. The van der Waals surface area contributed by atoms with Crippen molar-refractivity contribution in [1.29, 1.82) is 0 Å². The van der Waals surface area contributed by atoms with E-state index in [9.17, 15) is 28.0 Å². The van der Waals surface area contributed by atoms with Crippen LogP contribution in [0.5, 0.6) is 0 Å². The van der Waals surface area contributed by atoms with Crippen LogP contribution in [-0.2, 0) is 16.1 Å². The Hall–Kier alpha value is -4.94.